The number of pyridine rings is 1. The summed E-state index contributed by atoms with van der Waals surface area (Å²) in [7, 11) is 0. The summed E-state index contributed by atoms with van der Waals surface area (Å²) in [6.07, 6.45) is 1.73. The van der Waals surface area contributed by atoms with Crippen molar-refractivity contribution >= 4 is 34.1 Å². The van der Waals surface area contributed by atoms with E-state index in [4.69, 9.17) is 22.3 Å². The third-order valence-corrected chi connectivity index (χ3v) is 6.04. The summed E-state index contributed by atoms with van der Waals surface area (Å²) >= 11 is 6.44. The van der Waals surface area contributed by atoms with E-state index in [0.717, 1.165) is 54.3 Å². The van der Waals surface area contributed by atoms with Gasteiger partial charge in [0, 0.05) is 43.3 Å². The van der Waals surface area contributed by atoms with Crippen LogP contribution < -0.4 is 10.6 Å². The number of benzene rings is 1. The van der Waals surface area contributed by atoms with Gasteiger partial charge in [0.2, 0.25) is 0 Å². The van der Waals surface area contributed by atoms with Crippen LogP contribution in [0.2, 0.25) is 5.15 Å². The van der Waals surface area contributed by atoms with Gasteiger partial charge in [0.15, 0.2) is 5.82 Å². The molecule has 4 aromatic rings. The minimum atomic E-state index is 0.457. The number of para-hydroxylation sites is 1. The number of halogens is 1. The minimum Gasteiger partial charge on any atom is -0.383 e. The molecule has 32 heavy (non-hydrogen) atoms. The predicted molar refractivity (Wildman–Crippen MR) is 126 cm³/mol. The number of hydrogen-bond acceptors (Lipinski definition) is 8. The molecule has 8 nitrogen and oxygen atoms in total. The summed E-state index contributed by atoms with van der Waals surface area (Å²) < 4.78 is 0. The zero-order valence-corrected chi connectivity index (χ0v) is 18.5. The molecule has 0 radical (unpaired) electrons. The van der Waals surface area contributed by atoms with Crippen molar-refractivity contribution in [2.75, 3.05) is 36.8 Å². The molecule has 0 spiro atoms. The van der Waals surface area contributed by atoms with Gasteiger partial charge in [0.05, 0.1) is 12.1 Å². The average molecular weight is 447 g/mol. The molecule has 1 aliphatic rings. The molecule has 2 N–H and O–H groups in total. The highest BCUT2D eigenvalue weighted by Gasteiger charge is 2.23. The predicted octanol–water partition coefficient (Wildman–Crippen LogP) is 3.35. The van der Waals surface area contributed by atoms with Crippen molar-refractivity contribution in [1.29, 1.82) is 0 Å². The third kappa shape index (κ3) is 4.06. The summed E-state index contributed by atoms with van der Waals surface area (Å²) in [5.74, 6) is 2.67. The number of fused-ring (bicyclic) bond motifs is 1. The molecule has 1 saturated heterocycles. The molecule has 0 bridgehead atoms. The second kappa shape index (κ2) is 8.64. The lowest BCUT2D eigenvalue weighted by molar-refractivity contribution is 0.244. The Morgan fingerprint density at radius 2 is 1.72 bits per heavy atom. The Morgan fingerprint density at radius 3 is 2.50 bits per heavy atom. The molecule has 162 valence electrons. The molecule has 0 unspecified atom stereocenters. The average Bonchev–Trinajstić information content (AvgIpc) is 2.82. The maximum Gasteiger partial charge on any atom is 0.181 e. The molecule has 1 aliphatic heterocycles. The normalized spacial score (nSPS) is 14.8. The van der Waals surface area contributed by atoms with E-state index in [9.17, 15) is 0 Å². The highest BCUT2D eigenvalue weighted by atomic mass is 35.5. The first-order chi connectivity index (χ1) is 15.6. The number of nitrogens with two attached hydrogens (primary N) is 1. The Hall–Kier alpha value is -3.36. The van der Waals surface area contributed by atoms with E-state index in [1.54, 1.807) is 6.20 Å². The maximum absolute atomic E-state index is 6.44. The van der Waals surface area contributed by atoms with Crippen LogP contribution in [0, 0.1) is 6.92 Å². The smallest absolute Gasteiger partial charge is 0.181 e. The molecular formula is C23H23ClN8. The van der Waals surface area contributed by atoms with Crippen molar-refractivity contribution in [1.82, 2.24) is 29.8 Å². The largest absolute Gasteiger partial charge is 0.383 e. The highest BCUT2D eigenvalue weighted by Crippen LogP contribution is 2.27. The first-order valence-electron chi connectivity index (χ1n) is 10.5. The van der Waals surface area contributed by atoms with Gasteiger partial charge in [0.25, 0.3) is 0 Å². The fourth-order valence-corrected chi connectivity index (χ4v) is 4.10. The van der Waals surface area contributed by atoms with Gasteiger partial charge in [-0.2, -0.15) is 0 Å². The molecule has 0 saturated carbocycles. The third-order valence-electron chi connectivity index (χ3n) is 5.67. The van der Waals surface area contributed by atoms with E-state index in [1.807, 2.05) is 49.4 Å². The molecule has 4 heterocycles. The second-order valence-corrected chi connectivity index (χ2v) is 8.17. The van der Waals surface area contributed by atoms with Crippen molar-refractivity contribution in [2.24, 2.45) is 0 Å². The first kappa shape index (κ1) is 20.5. The van der Waals surface area contributed by atoms with Gasteiger partial charge in [-0.05, 0) is 31.2 Å². The number of rotatable bonds is 4. The van der Waals surface area contributed by atoms with Crippen molar-refractivity contribution in [3.8, 4) is 11.5 Å². The monoisotopic (exact) mass is 446 g/mol. The van der Waals surface area contributed by atoms with E-state index in [-0.39, 0.29) is 0 Å². The van der Waals surface area contributed by atoms with E-state index in [0.29, 0.717) is 29.0 Å². The van der Waals surface area contributed by atoms with Crippen LogP contribution in [0.5, 0.6) is 0 Å². The minimum absolute atomic E-state index is 0.457. The van der Waals surface area contributed by atoms with Crippen LogP contribution in [-0.2, 0) is 6.54 Å². The quantitative estimate of drug-likeness (QED) is 0.477. The van der Waals surface area contributed by atoms with Crippen LogP contribution in [0.1, 0.15) is 11.4 Å². The molecule has 5 rings (SSSR count). The summed E-state index contributed by atoms with van der Waals surface area (Å²) in [4.78, 5) is 27.4. The number of piperazine rings is 1. The molecule has 0 aliphatic carbocycles. The number of nitrogens with zero attached hydrogens (tertiary/aromatic N) is 7. The van der Waals surface area contributed by atoms with E-state index < -0.39 is 0 Å². The van der Waals surface area contributed by atoms with E-state index >= 15 is 0 Å². The lowest BCUT2D eigenvalue weighted by atomic mass is 10.2. The van der Waals surface area contributed by atoms with Crippen LogP contribution in [0.4, 0.5) is 11.6 Å². The summed E-state index contributed by atoms with van der Waals surface area (Å²) in [6, 6.07) is 13.5. The Labute approximate surface area is 191 Å². The summed E-state index contributed by atoms with van der Waals surface area (Å²) in [5, 5.41) is 1.35. The molecule has 0 atom stereocenters. The molecule has 1 fully saturated rings. The van der Waals surface area contributed by atoms with Gasteiger partial charge in [0.1, 0.15) is 28.3 Å². The van der Waals surface area contributed by atoms with Crippen LogP contribution in [-0.4, -0.2) is 56.0 Å². The Bertz CT molecular complexity index is 1260. The van der Waals surface area contributed by atoms with Crippen molar-refractivity contribution in [2.45, 2.75) is 13.5 Å². The fraction of sp³-hybridized carbons (Fsp3) is 0.261. The Kier molecular flexibility index (Phi) is 5.55. The number of aromatic nitrogens is 5. The highest BCUT2D eigenvalue weighted by molar-refractivity contribution is 6.30. The molecule has 3 aromatic heterocycles. The summed E-state index contributed by atoms with van der Waals surface area (Å²) in [6.45, 7) is 5.97. The lowest BCUT2D eigenvalue weighted by Crippen LogP contribution is -2.46. The van der Waals surface area contributed by atoms with Gasteiger partial charge in [-0.15, -0.1) is 0 Å². The van der Waals surface area contributed by atoms with Gasteiger partial charge >= 0.3 is 0 Å². The van der Waals surface area contributed by atoms with Gasteiger partial charge in [-0.1, -0.05) is 29.8 Å². The maximum atomic E-state index is 6.44. The SMILES string of the molecule is Cc1c(Cl)nc(-c2ccccn2)nc1N1CCN(Cc2nc(N)c3ccccc3n2)CC1. The van der Waals surface area contributed by atoms with Gasteiger partial charge < -0.3 is 10.6 Å². The molecular weight excluding hydrogens is 424 g/mol. The zero-order valence-electron chi connectivity index (χ0n) is 17.7. The summed E-state index contributed by atoms with van der Waals surface area (Å²) in [5.41, 5.74) is 8.61. The lowest BCUT2D eigenvalue weighted by Gasteiger charge is -2.35. The first-order valence-corrected chi connectivity index (χ1v) is 10.9. The van der Waals surface area contributed by atoms with E-state index in [2.05, 4.69) is 29.7 Å². The molecule has 9 heteroatoms. The Balaban J connectivity index is 1.31. The van der Waals surface area contributed by atoms with Crippen molar-refractivity contribution in [3.63, 3.8) is 0 Å². The van der Waals surface area contributed by atoms with Crippen LogP contribution in [0.15, 0.2) is 48.7 Å². The molecule has 0 amide bonds. The van der Waals surface area contributed by atoms with Crippen molar-refractivity contribution < 1.29 is 0 Å². The van der Waals surface area contributed by atoms with Crippen LogP contribution in [0.25, 0.3) is 22.4 Å². The number of anilines is 2. The van der Waals surface area contributed by atoms with Gasteiger partial charge in [-0.25, -0.2) is 19.9 Å². The zero-order chi connectivity index (χ0) is 22.1. The number of hydrogen-bond donors (Lipinski definition) is 1. The second-order valence-electron chi connectivity index (χ2n) is 7.81. The van der Waals surface area contributed by atoms with Gasteiger partial charge in [-0.3, -0.25) is 9.88 Å². The molecule has 1 aromatic carbocycles. The topological polar surface area (TPSA) is 97.0 Å². The van der Waals surface area contributed by atoms with Crippen LogP contribution in [0.3, 0.4) is 0 Å². The van der Waals surface area contributed by atoms with Crippen molar-refractivity contribution in [3.05, 3.63) is 65.2 Å². The standard InChI is InChI=1S/C23H23ClN8/c1-15-20(24)29-22(18-8-4-5-9-26-18)30-23(15)32-12-10-31(11-13-32)14-19-27-17-7-3-2-6-16(17)21(25)28-19/h2-9H,10-14H2,1H3,(H2,25,27,28). The van der Waals surface area contributed by atoms with E-state index in [1.165, 1.54) is 0 Å². The number of nitrogen functional groups attached to an aromatic ring is 1. The van der Waals surface area contributed by atoms with Crippen LogP contribution >= 0.6 is 11.6 Å². The fourth-order valence-electron chi connectivity index (χ4n) is 3.94. The Morgan fingerprint density at radius 1 is 0.938 bits per heavy atom.